The van der Waals surface area contributed by atoms with E-state index in [1.807, 2.05) is 10.3 Å². The van der Waals surface area contributed by atoms with E-state index in [2.05, 4.69) is 53.5 Å². The van der Waals surface area contributed by atoms with E-state index in [-0.39, 0.29) is 23.4 Å². The number of aromatic nitrogens is 1. The molecule has 0 bridgehead atoms. The molecule has 0 atom stereocenters. The Bertz CT molecular complexity index is 422. The van der Waals surface area contributed by atoms with E-state index in [0.717, 1.165) is 10.7 Å². The average Bonchev–Trinajstić information content (AvgIpc) is 2.63. The van der Waals surface area contributed by atoms with Crippen LogP contribution >= 0.6 is 11.3 Å². The van der Waals surface area contributed by atoms with E-state index >= 15 is 0 Å². The number of hydrogen-bond donors (Lipinski definition) is 0. The van der Waals surface area contributed by atoms with Gasteiger partial charge in [0, 0.05) is 22.9 Å². The number of nitrogens with zero attached hydrogens (tertiary/aromatic N) is 2. The van der Waals surface area contributed by atoms with Crippen molar-refractivity contribution in [3.63, 3.8) is 0 Å². The molecule has 0 spiro atoms. The molecule has 3 nitrogen and oxygen atoms in total. The largest absolute Gasteiger partial charge is 0.338 e. The molecular formula is C15H26N2OS. The first-order chi connectivity index (χ1) is 8.62. The van der Waals surface area contributed by atoms with Gasteiger partial charge in [-0.2, -0.15) is 0 Å². The highest BCUT2D eigenvalue weighted by atomic mass is 32.1. The van der Waals surface area contributed by atoms with Gasteiger partial charge in [0.15, 0.2) is 0 Å². The Hall–Kier alpha value is -0.900. The van der Waals surface area contributed by atoms with Crippen LogP contribution in [-0.2, 0) is 16.6 Å². The number of amides is 1. The molecule has 0 N–H and O–H groups in total. The number of rotatable bonds is 4. The minimum Gasteiger partial charge on any atom is -0.338 e. The molecule has 0 aliphatic heterocycles. The molecule has 1 heterocycles. The van der Waals surface area contributed by atoms with Gasteiger partial charge in [-0.15, -0.1) is 11.3 Å². The number of hydrogen-bond acceptors (Lipinski definition) is 3. The molecule has 108 valence electrons. The molecular weight excluding hydrogens is 256 g/mol. The minimum absolute atomic E-state index is 0.0573. The minimum atomic E-state index is 0.0573. The van der Waals surface area contributed by atoms with Gasteiger partial charge in [0.1, 0.15) is 0 Å². The molecule has 0 saturated carbocycles. The zero-order chi connectivity index (χ0) is 14.8. The fraction of sp³-hybridized carbons (Fsp3) is 0.733. The van der Waals surface area contributed by atoms with Gasteiger partial charge in [0.2, 0.25) is 5.91 Å². The summed E-state index contributed by atoms with van der Waals surface area (Å²) in [4.78, 5) is 18.9. The Morgan fingerprint density at radius 3 is 2.16 bits per heavy atom. The summed E-state index contributed by atoms with van der Waals surface area (Å²) in [6.45, 7) is 14.7. The SMILES string of the molecule is CC(C)N(C(=O)Cc1csc(C(C)(C)C)n1)C(C)C. The van der Waals surface area contributed by atoms with Crippen LogP contribution in [0.4, 0.5) is 0 Å². The third kappa shape index (κ3) is 4.30. The lowest BCUT2D eigenvalue weighted by atomic mass is 9.98. The molecule has 1 aromatic rings. The first-order valence-corrected chi connectivity index (χ1v) is 7.77. The Balaban J connectivity index is 2.79. The van der Waals surface area contributed by atoms with Gasteiger partial charge in [0.05, 0.1) is 17.1 Å². The second kappa shape index (κ2) is 6.04. The Morgan fingerprint density at radius 2 is 1.79 bits per heavy atom. The predicted octanol–water partition coefficient (Wildman–Crippen LogP) is 3.63. The highest BCUT2D eigenvalue weighted by Crippen LogP contribution is 2.26. The summed E-state index contributed by atoms with van der Waals surface area (Å²) < 4.78 is 0. The maximum Gasteiger partial charge on any atom is 0.229 e. The molecule has 0 radical (unpaired) electrons. The van der Waals surface area contributed by atoms with Crippen molar-refractivity contribution in [3.05, 3.63) is 16.1 Å². The number of carbonyl (C=O) groups is 1. The maximum atomic E-state index is 12.3. The fourth-order valence-electron chi connectivity index (χ4n) is 2.15. The van der Waals surface area contributed by atoms with Gasteiger partial charge in [-0.1, -0.05) is 20.8 Å². The van der Waals surface area contributed by atoms with Gasteiger partial charge < -0.3 is 4.90 Å². The first-order valence-electron chi connectivity index (χ1n) is 6.89. The van der Waals surface area contributed by atoms with Crippen molar-refractivity contribution in [1.82, 2.24) is 9.88 Å². The quantitative estimate of drug-likeness (QED) is 0.845. The summed E-state index contributed by atoms with van der Waals surface area (Å²) in [7, 11) is 0. The molecule has 19 heavy (non-hydrogen) atoms. The second-order valence-corrected chi connectivity index (χ2v) is 7.42. The third-order valence-electron chi connectivity index (χ3n) is 2.93. The zero-order valence-electron chi connectivity index (χ0n) is 13.2. The van der Waals surface area contributed by atoms with Crippen LogP contribution in [0, 0.1) is 0 Å². The summed E-state index contributed by atoms with van der Waals surface area (Å²) in [5.74, 6) is 0.163. The fourth-order valence-corrected chi connectivity index (χ4v) is 3.06. The molecule has 0 fully saturated rings. The zero-order valence-corrected chi connectivity index (χ0v) is 14.0. The van der Waals surface area contributed by atoms with Gasteiger partial charge >= 0.3 is 0 Å². The summed E-state index contributed by atoms with van der Waals surface area (Å²) >= 11 is 1.65. The van der Waals surface area contributed by atoms with Crippen molar-refractivity contribution in [2.75, 3.05) is 0 Å². The van der Waals surface area contributed by atoms with E-state index in [4.69, 9.17) is 0 Å². The van der Waals surface area contributed by atoms with E-state index in [0.29, 0.717) is 6.42 Å². The topological polar surface area (TPSA) is 33.2 Å². The highest BCUT2D eigenvalue weighted by Gasteiger charge is 2.23. The van der Waals surface area contributed by atoms with Gasteiger partial charge in [-0.3, -0.25) is 4.79 Å². The van der Waals surface area contributed by atoms with Crippen LogP contribution in [-0.4, -0.2) is 27.9 Å². The Labute approximate surface area is 121 Å². The van der Waals surface area contributed by atoms with Crippen LogP contribution in [0.15, 0.2) is 5.38 Å². The molecule has 0 aliphatic carbocycles. The summed E-state index contributed by atoms with van der Waals surface area (Å²) in [5, 5.41) is 3.10. The van der Waals surface area contributed by atoms with Crippen molar-refractivity contribution in [2.24, 2.45) is 0 Å². The molecule has 0 aromatic carbocycles. The molecule has 1 aromatic heterocycles. The van der Waals surface area contributed by atoms with Crippen molar-refractivity contribution in [3.8, 4) is 0 Å². The third-order valence-corrected chi connectivity index (χ3v) is 4.24. The van der Waals surface area contributed by atoms with Gasteiger partial charge in [-0.25, -0.2) is 4.98 Å². The lowest BCUT2D eigenvalue weighted by molar-refractivity contribution is -0.134. The molecule has 1 rings (SSSR count). The van der Waals surface area contributed by atoms with Gasteiger partial charge in [0.25, 0.3) is 0 Å². The normalized spacial score (nSPS) is 12.3. The lowest BCUT2D eigenvalue weighted by Crippen LogP contribution is -2.42. The van der Waals surface area contributed by atoms with E-state index in [1.165, 1.54) is 0 Å². The summed E-state index contributed by atoms with van der Waals surface area (Å²) in [6, 6.07) is 0.460. The molecule has 0 saturated heterocycles. The standard InChI is InChI=1S/C15H26N2OS/c1-10(2)17(11(3)4)13(18)8-12-9-19-14(16-12)15(5,6)7/h9-11H,8H2,1-7H3. The number of carbonyl (C=O) groups excluding carboxylic acids is 1. The average molecular weight is 282 g/mol. The monoisotopic (exact) mass is 282 g/mol. The van der Waals surface area contributed by atoms with E-state index in [1.54, 1.807) is 11.3 Å². The van der Waals surface area contributed by atoms with Crippen LogP contribution in [0.1, 0.15) is 59.2 Å². The van der Waals surface area contributed by atoms with E-state index in [9.17, 15) is 4.79 Å². The van der Waals surface area contributed by atoms with Crippen molar-refractivity contribution >= 4 is 17.2 Å². The molecule has 0 unspecified atom stereocenters. The Morgan fingerprint density at radius 1 is 1.26 bits per heavy atom. The second-order valence-electron chi connectivity index (χ2n) is 6.56. The molecule has 4 heteroatoms. The maximum absolute atomic E-state index is 12.3. The smallest absolute Gasteiger partial charge is 0.229 e. The molecule has 0 aliphatic rings. The van der Waals surface area contributed by atoms with Crippen molar-refractivity contribution < 1.29 is 4.79 Å². The van der Waals surface area contributed by atoms with Crippen LogP contribution in [0.2, 0.25) is 0 Å². The first kappa shape index (κ1) is 16.2. The number of thiazole rings is 1. The van der Waals surface area contributed by atoms with Crippen molar-refractivity contribution in [2.45, 2.75) is 72.4 Å². The van der Waals surface area contributed by atoms with Crippen LogP contribution < -0.4 is 0 Å². The van der Waals surface area contributed by atoms with E-state index < -0.39 is 0 Å². The van der Waals surface area contributed by atoms with Crippen molar-refractivity contribution in [1.29, 1.82) is 0 Å². The van der Waals surface area contributed by atoms with Crippen LogP contribution in [0.3, 0.4) is 0 Å². The van der Waals surface area contributed by atoms with Crippen LogP contribution in [0.25, 0.3) is 0 Å². The lowest BCUT2D eigenvalue weighted by Gasteiger charge is -2.30. The summed E-state index contributed by atoms with van der Waals surface area (Å²) in [5.41, 5.74) is 0.952. The molecule has 1 amide bonds. The summed E-state index contributed by atoms with van der Waals surface area (Å²) in [6.07, 6.45) is 0.406. The van der Waals surface area contributed by atoms with Gasteiger partial charge in [-0.05, 0) is 27.7 Å². The Kier molecular flexibility index (Phi) is 5.13. The highest BCUT2D eigenvalue weighted by molar-refractivity contribution is 7.09. The van der Waals surface area contributed by atoms with Crippen LogP contribution in [0.5, 0.6) is 0 Å². The predicted molar refractivity (Wildman–Crippen MR) is 81.6 cm³/mol.